The Hall–Kier alpha value is -3.01. The highest BCUT2D eigenvalue weighted by Gasteiger charge is 2.47. The molecular formula is C19H17F3N4O2S. The van der Waals surface area contributed by atoms with Crippen molar-refractivity contribution in [1.82, 2.24) is 9.78 Å². The Morgan fingerprint density at radius 3 is 2.69 bits per heavy atom. The quantitative estimate of drug-likeness (QED) is 0.630. The summed E-state index contributed by atoms with van der Waals surface area (Å²) < 4.78 is 46.9. The third kappa shape index (κ3) is 3.80. The molecule has 2 aromatic heterocycles. The number of halogens is 3. The predicted octanol–water partition coefficient (Wildman–Crippen LogP) is 4.87. The first-order valence-corrected chi connectivity index (χ1v) is 9.64. The predicted molar refractivity (Wildman–Crippen MR) is 104 cm³/mol. The molecule has 1 aromatic carbocycles. The van der Waals surface area contributed by atoms with Crippen LogP contribution in [0.2, 0.25) is 0 Å². The molecule has 0 unspecified atom stereocenters. The van der Waals surface area contributed by atoms with Crippen LogP contribution in [0.4, 0.5) is 24.7 Å². The summed E-state index contributed by atoms with van der Waals surface area (Å²) in [6, 6.07) is 7.83. The third-order valence-corrected chi connectivity index (χ3v) is 5.70. The normalized spacial score (nSPS) is 18.6. The van der Waals surface area contributed by atoms with Crippen LogP contribution >= 0.6 is 11.3 Å². The van der Waals surface area contributed by atoms with E-state index in [0.29, 0.717) is 11.4 Å². The maximum atomic E-state index is 13.7. The molecule has 10 heteroatoms. The lowest BCUT2D eigenvalue weighted by molar-refractivity contribution is -0.173. The topological polar surface area (TPSA) is 68.2 Å². The molecule has 0 radical (unpaired) electrons. The number of benzene rings is 1. The number of aromatic nitrogens is 2. The second kappa shape index (κ2) is 7.43. The Morgan fingerprint density at radius 2 is 2.07 bits per heavy atom. The van der Waals surface area contributed by atoms with Gasteiger partial charge < -0.3 is 15.4 Å². The molecule has 0 fully saturated rings. The van der Waals surface area contributed by atoms with Crippen molar-refractivity contribution >= 4 is 28.7 Å². The van der Waals surface area contributed by atoms with Gasteiger partial charge in [0.25, 0.3) is 5.91 Å². The summed E-state index contributed by atoms with van der Waals surface area (Å²) in [6.07, 6.45) is -3.52. The fourth-order valence-corrected chi connectivity index (χ4v) is 4.07. The number of nitrogens with one attached hydrogen (secondary N) is 2. The number of carbonyl (C=O) groups is 1. The van der Waals surface area contributed by atoms with E-state index in [2.05, 4.69) is 15.7 Å². The maximum Gasteiger partial charge on any atom is 0.410 e. The van der Waals surface area contributed by atoms with E-state index in [9.17, 15) is 18.0 Å². The minimum Gasteiger partial charge on any atom is -0.497 e. The van der Waals surface area contributed by atoms with E-state index in [1.54, 1.807) is 36.4 Å². The van der Waals surface area contributed by atoms with Crippen LogP contribution in [0.15, 0.2) is 48.0 Å². The number of nitrogens with zero attached hydrogens (tertiary/aromatic N) is 2. The fraction of sp³-hybridized carbons (Fsp3) is 0.263. The molecule has 1 aliphatic rings. The highest BCUT2D eigenvalue weighted by atomic mass is 32.1. The van der Waals surface area contributed by atoms with Crippen molar-refractivity contribution in [3.8, 4) is 5.75 Å². The summed E-state index contributed by atoms with van der Waals surface area (Å²) in [7, 11) is 1.53. The van der Waals surface area contributed by atoms with Gasteiger partial charge in [0, 0.05) is 17.0 Å². The molecule has 3 heterocycles. The number of hydrogen-bond donors (Lipinski definition) is 2. The van der Waals surface area contributed by atoms with Crippen molar-refractivity contribution in [2.75, 3.05) is 17.7 Å². The standard InChI is InChI=1S/C19H17F3N4O2S/c1-28-12-6-4-11(5-7-12)24-18(27)13-10-23-26-16(19(20,21)22)9-14(25-17(13)26)15-3-2-8-29-15/h2-8,10,14,16,25H,9H2,1H3,(H,24,27)/t14-,16+/m1/s1. The van der Waals surface area contributed by atoms with Crippen LogP contribution in [0.1, 0.15) is 33.7 Å². The van der Waals surface area contributed by atoms with Gasteiger partial charge in [-0.05, 0) is 35.7 Å². The van der Waals surface area contributed by atoms with Crippen molar-refractivity contribution in [1.29, 1.82) is 0 Å². The number of ether oxygens (including phenoxy) is 1. The zero-order valence-electron chi connectivity index (χ0n) is 15.2. The number of rotatable bonds is 4. The van der Waals surface area contributed by atoms with Crippen molar-refractivity contribution in [3.63, 3.8) is 0 Å². The second-order valence-corrected chi connectivity index (χ2v) is 7.52. The Kier molecular flexibility index (Phi) is 4.95. The van der Waals surface area contributed by atoms with Crippen LogP contribution in [-0.4, -0.2) is 29.0 Å². The third-order valence-electron chi connectivity index (χ3n) is 4.72. The van der Waals surface area contributed by atoms with Crippen molar-refractivity contribution in [2.45, 2.75) is 24.7 Å². The van der Waals surface area contributed by atoms with Crippen LogP contribution in [0, 0.1) is 0 Å². The first-order chi connectivity index (χ1) is 13.9. The van der Waals surface area contributed by atoms with Crippen LogP contribution < -0.4 is 15.4 Å². The van der Waals surface area contributed by atoms with E-state index < -0.39 is 24.2 Å². The van der Waals surface area contributed by atoms with E-state index in [0.717, 1.165) is 15.8 Å². The minimum absolute atomic E-state index is 0.0522. The lowest BCUT2D eigenvalue weighted by Gasteiger charge is -2.33. The van der Waals surface area contributed by atoms with Gasteiger partial charge in [-0.2, -0.15) is 18.3 Å². The maximum absolute atomic E-state index is 13.7. The summed E-state index contributed by atoms with van der Waals surface area (Å²) >= 11 is 1.37. The summed E-state index contributed by atoms with van der Waals surface area (Å²) in [5.41, 5.74) is 0.546. The molecule has 0 saturated carbocycles. The number of hydrogen-bond acceptors (Lipinski definition) is 5. The summed E-state index contributed by atoms with van der Waals surface area (Å²) in [5, 5.41) is 11.4. The Morgan fingerprint density at radius 1 is 1.31 bits per heavy atom. The van der Waals surface area contributed by atoms with Gasteiger partial charge >= 0.3 is 6.18 Å². The number of anilines is 2. The van der Waals surface area contributed by atoms with Gasteiger partial charge in [0.2, 0.25) is 0 Å². The van der Waals surface area contributed by atoms with Gasteiger partial charge in [0.05, 0.1) is 19.3 Å². The Balaban J connectivity index is 1.64. The lowest BCUT2D eigenvalue weighted by Crippen LogP contribution is -2.36. The molecule has 6 nitrogen and oxygen atoms in total. The molecule has 0 bridgehead atoms. The van der Waals surface area contributed by atoms with Crippen molar-refractivity contribution in [3.05, 3.63) is 58.4 Å². The zero-order chi connectivity index (χ0) is 20.6. The molecule has 152 valence electrons. The SMILES string of the molecule is COc1ccc(NC(=O)c2cnn3c2N[C@@H](c2cccs2)C[C@H]3C(F)(F)F)cc1. The zero-order valence-corrected chi connectivity index (χ0v) is 16.1. The largest absolute Gasteiger partial charge is 0.497 e. The molecule has 1 amide bonds. The Labute approximate surface area is 168 Å². The van der Waals surface area contributed by atoms with Crippen LogP contribution in [0.25, 0.3) is 0 Å². The highest BCUT2D eigenvalue weighted by Crippen LogP contribution is 2.45. The summed E-state index contributed by atoms with van der Waals surface area (Å²) in [4.78, 5) is 13.5. The van der Waals surface area contributed by atoms with Crippen molar-refractivity contribution in [2.24, 2.45) is 0 Å². The monoisotopic (exact) mass is 422 g/mol. The number of alkyl halides is 3. The lowest BCUT2D eigenvalue weighted by atomic mass is 10.0. The first-order valence-electron chi connectivity index (χ1n) is 8.76. The molecule has 3 aromatic rings. The number of fused-ring (bicyclic) bond motifs is 1. The average Bonchev–Trinajstić information content (AvgIpc) is 3.37. The number of thiophene rings is 1. The Bertz CT molecular complexity index is 1000. The molecule has 2 atom stereocenters. The number of methoxy groups -OCH3 is 1. The molecule has 0 aliphatic carbocycles. The molecule has 29 heavy (non-hydrogen) atoms. The van der Waals surface area contributed by atoms with Gasteiger partial charge in [0.1, 0.15) is 17.1 Å². The molecule has 0 saturated heterocycles. The van der Waals surface area contributed by atoms with Crippen LogP contribution in [0.3, 0.4) is 0 Å². The molecule has 4 rings (SSSR count). The minimum atomic E-state index is -4.48. The second-order valence-electron chi connectivity index (χ2n) is 6.54. The van der Waals surface area contributed by atoms with Gasteiger partial charge in [0.15, 0.2) is 6.04 Å². The van der Waals surface area contributed by atoms with Crippen molar-refractivity contribution < 1.29 is 22.7 Å². The van der Waals surface area contributed by atoms with E-state index in [1.165, 1.54) is 18.4 Å². The number of amides is 1. The molecule has 1 aliphatic heterocycles. The highest BCUT2D eigenvalue weighted by molar-refractivity contribution is 7.10. The van der Waals surface area contributed by atoms with Gasteiger partial charge in [-0.1, -0.05) is 6.07 Å². The fourth-order valence-electron chi connectivity index (χ4n) is 3.28. The van der Waals surface area contributed by atoms with E-state index >= 15 is 0 Å². The van der Waals surface area contributed by atoms with E-state index in [-0.39, 0.29) is 17.8 Å². The smallest absolute Gasteiger partial charge is 0.410 e. The summed E-state index contributed by atoms with van der Waals surface area (Å²) in [5.74, 6) is 0.138. The van der Waals surface area contributed by atoms with Crippen LogP contribution in [-0.2, 0) is 0 Å². The van der Waals surface area contributed by atoms with E-state index in [4.69, 9.17) is 4.74 Å². The van der Waals surface area contributed by atoms with Gasteiger partial charge in [-0.25, -0.2) is 4.68 Å². The molecule has 0 spiro atoms. The van der Waals surface area contributed by atoms with Gasteiger partial charge in [-0.15, -0.1) is 11.3 Å². The molecule has 2 N–H and O–H groups in total. The number of carbonyl (C=O) groups excluding carboxylic acids is 1. The van der Waals surface area contributed by atoms with Gasteiger partial charge in [-0.3, -0.25) is 4.79 Å². The molecular weight excluding hydrogens is 405 g/mol. The average molecular weight is 422 g/mol. The first kappa shape index (κ1) is 19.3. The van der Waals surface area contributed by atoms with E-state index in [1.807, 2.05) is 5.38 Å². The van der Waals surface area contributed by atoms with Crippen LogP contribution in [0.5, 0.6) is 5.75 Å². The summed E-state index contributed by atoms with van der Waals surface area (Å²) in [6.45, 7) is 0.